The maximum absolute atomic E-state index is 12.7. The van der Waals surface area contributed by atoms with Crippen molar-refractivity contribution in [3.63, 3.8) is 0 Å². The van der Waals surface area contributed by atoms with Crippen LogP contribution in [0.2, 0.25) is 0 Å². The van der Waals surface area contributed by atoms with Gasteiger partial charge in [0.15, 0.2) is 0 Å². The Bertz CT molecular complexity index is 1260. The minimum Gasteiger partial charge on any atom is -0.478 e. The Hall–Kier alpha value is -3.25. The first kappa shape index (κ1) is 21.3. The molecule has 6 nitrogen and oxygen atoms in total. The Morgan fingerprint density at radius 3 is 2.50 bits per heavy atom. The Kier molecular flexibility index (Phi) is 5.14. The molecule has 2 aliphatic heterocycles. The van der Waals surface area contributed by atoms with Crippen molar-refractivity contribution in [1.82, 2.24) is 9.88 Å². The number of nitrogens with zero attached hydrogens (tertiary/aromatic N) is 2. The van der Waals surface area contributed by atoms with Crippen molar-refractivity contribution in [3.05, 3.63) is 65.9 Å². The van der Waals surface area contributed by atoms with Gasteiger partial charge in [0.05, 0.1) is 11.1 Å². The van der Waals surface area contributed by atoms with Gasteiger partial charge in [0.25, 0.3) is 5.91 Å². The third-order valence-corrected chi connectivity index (χ3v) is 8.09. The fourth-order valence-electron chi connectivity index (χ4n) is 5.94. The lowest BCUT2D eigenvalue weighted by Gasteiger charge is -2.34. The van der Waals surface area contributed by atoms with E-state index < -0.39 is 5.97 Å². The molecule has 6 rings (SSSR count). The Labute approximate surface area is 198 Å². The van der Waals surface area contributed by atoms with E-state index in [9.17, 15) is 14.7 Å². The number of carboxylic acids is 1. The number of fused-ring (bicyclic) bond motifs is 1. The Morgan fingerprint density at radius 2 is 1.79 bits per heavy atom. The zero-order valence-electron chi connectivity index (χ0n) is 19.1. The minimum absolute atomic E-state index is 0.189. The van der Waals surface area contributed by atoms with Gasteiger partial charge in [-0.25, -0.2) is 4.79 Å². The molecule has 1 amide bonds. The maximum Gasteiger partial charge on any atom is 0.336 e. The average Bonchev–Trinajstić information content (AvgIpc) is 3.28. The predicted molar refractivity (Wildman–Crippen MR) is 129 cm³/mol. The summed E-state index contributed by atoms with van der Waals surface area (Å²) >= 11 is 0. The van der Waals surface area contributed by atoms with E-state index >= 15 is 0 Å². The molecule has 2 aromatic carbocycles. The summed E-state index contributed by atoms with van der Waals surface area (Å²) in [6.07, 6.45) is 6.53. The summed E-state index contributed by atoms with van der Waals surface area (Å²) in [6.45, 7) is 2.40. The van der Waals surface area contributed by atoms with Gasteiger partial charge < -0.3 is 14.7 Å². The summed E-state index contributed by atoms with van der Waals surface area (Å²) in [4.78, 5) is 30.5. The van der Waals surface area contributed by atoms with E-state index in [1.165, 1.54) is 18.1 Å². The largest absolute Gasteiger partial charge is 0.478 e. The molecule has 6 heteroatoms. The van der Waals surface area contributed by atoms with Gasteiger partial charge in [-0.15, -0.1) is 0 Å². The lowest BCUT2D eigenvalue weighted by atomic mass is 9.88. The first-order valence-corrected chi connectivity index (χ1v) is 12.2. The summed E-state index contributed by atoms with van der Waals surface area (Å²) in [6, 6.07) is 16.1. The molecule has 3 aromatic rings. The molecule has 2 atom stereocenters. The van der Waals surface area contributed by atoms with Crippen molar-refractivity contribution >= 4 is 22.8 Å². The molecule has 1 saturated carbocycles. The van der Waals surface area contributed by atoms with Gasteiger partial charge >= 0.3 is 5.97 Å². The highest BCUT2D eigenvalue weighted by Crippen LogP contribution is 2.65. The molecule has 1 aromatic heterocycles. The van der Waals surface area contributed by atoms with Crippen molar-refractivity contribution in [2.24, 2.45) is 5.41 Å². The fourth-order valence-corrected chi connectivity index (χ4v) is 5.94. The van der Waals surface area contributed by atoms with Crippen LogP contribution in [0.15, 0.2) is 54.7 Å². The van der Waals surface area contributed by atoms with E-state index in [0.717, 1.165) is 49.9 Å². The molecule has 174 valence electrons. The molecule has 1 aliphatic carbocycles. The first-order valence-electron chi connectivity index (χ1n) is 12.2. The normalized spacial score (nSPS) is 23.4. The van der Waals surface area contributed by atoms with Crippen LogP contribution in [0.1, 0.15) is 53.9 Å². The van der Waals surface area contributed by atoms with Crippen LogP contribution < -0.4 is 0 Å². The molecule has 0 bridgehead atoms. The van der Waals surface area contributed by atoms with Gasteiger partial charge in [0.2, 0.25) is 0 Å². The van der Waals surface area contributed by atoms with E-state index in [4.69, 9.17) is 4.74 Å². The first-order chi connectivity index (χ1) is 16.5. The topological polar surface area (TPSA) is 79.7 Å². The highest BCUT2D eigenvalue weighted by molar-refractivity contribution is 6.03. The van der Waals surface area contributed by atoms with Gasteiger partial charge in [-0.3, -0.25) is 9.78 Å². The molecular weight excluding hydrogens is 428 g/mol. The average molecular weight is 457 g/mol. The smallest absolute Gasteiger partial charge is 0.336 e. The van der Waals surface area contributed by atoms with E-state index in [-0.39, 0.29) is 17.6 Å². The number of carbonyl (C=O) groups is 2. The molecule has 3 heterocycles. The van der Waals surface area contributed by atoms with Crippen LogP contribution in [0, 0.1) is 5.41 Å². The number of benzene rings is 2. The zero-order valence-corrected chi connectivity index (χ0v) is 19.1. The monoisotopic (exact) mass is 456 g/mol. The van der Waals surface area contributed by atoms with Gasteiger partial charge in [0.1, 0.15) is 6.10 Å². The van der Waals surface area contributed by atoms with Crippen LogP contribution in [-0.2, 0) is 9.53 Å². The van der Waals surface area contributed by atoms with Crippen molar-refractivity contribution < 1.29 is 19.4 Å². The van der Waals surface area contributed by atoms with E-state index in [1.807, 2.05) is 23.1 Å². The molecule has 1 N–H and O–H groups in total. The van der Waals surface area contributed by atoms with E-state index in [2.05, 4.69) is 29.2 Å². The second-order valence-electron chi connectivity index (χ2n) is 9.96. The number of ether oxygens (including phenoxy) is 1. The molecule has 0 radical (unpaired) electrons. The number of carbonyl (C=O) groups excluding carboxylic acids is 1. The van der Waals surface area contributed by atoms with Crippen molar-refractivity contribution in [3.8, 4) is 11.1 Å². The standard InChI is InChI=1S/C28H28N2O4/c31-26(25-2-1-15-34-25)30-13-10-28(11-14-30)17-23(28)19-5-3-18(4-6-19)20-7-8-21-22(27(32)33)9-12-29-24(21)16-20/h3-9,12,16,23,25H,1-2,10-11,13-15,17H2,(H,32,33)/t23-,25-/m1/s1. The van der Waals surface area contributed by atoms with Crippen LogP contribution in [0.4, 0.5) is 0 Å². The Balaban J connectivity index is 1.14. The van der Waals surface area contributed by atoms with Crippen LogP contribution >= 0.6 is 0 Å². The third kappa shape index (κ3) is 3.66. The molecule has 0 unspecified atom stereocenters. The molecule has 2 saturated heterocycles. The highest BCUT2D eigenvalue weighted by atomic mass is 16.5. The number of pyridine rings is 1. The zero-order chi connectivity index (χ0) is 23.3. The number of likely N-dealkylation sites (tertiary alicyclic amines) is 1. The van der Waals surface area contributed by atoms with Crippen LogP contribution in [0.5, 0.6) is 0 Å². The van der Waals surface area contributed by atoms with Crippen LogP contribution in [-0.4, -0.2) is 52.7 Å². The molecule has 34 heavy (non-hydrogen) atoms. The van der Waals surface area contributed by atoms with Crippen molar-refractivity contribution in [1.29, 1.82) is 0 Å². The summed E-state index contributed by atoms with van der Waals surface area (Å²) in [5.41, 5.74) is 4.80. The minimum atomic E-state index is -0.940. The number of aromatic nitrogens is 1. The second-order valence-corrected chi connectivity index (χ2v) is 9.96. The lowest BCUT2D eigenvalue weighted by Crippen LogP contribution is -2.44. The molecule has 3 fully saturated rings. The number of aromatic carboxylic acids is 1. The van der Waals surface area contributed by atoms with Gasteiger partial charge in [-0.2, -0.15) is 0 Å². The summed E-state index contributed by atoms with van der Waals surface area (Å²) in [5, 5.41) is 10.1. The maximum atomic E-state index is 12.7. The van der Waals surface area contributed by atoms with Crippen LogP contribution in [0.25, 0.3) is 22.0 Å². The van der Waals surface area contributed by atoms with E-state index in [0.29, 0.717) is 28.8 Å². The van der Waals surface area contributed by atoms with Crippen molar-refractivity contribution in [2.45, 2.75) is 44.1 Å². The SMILES string of the molecule is O=C(O)c1ccnc2cc(-c3ccc([C@H]4CC45CCN(C(=O)[C@H]4CCCO4)CC5)cc3)ccc12. The highest BCUT2D eigenvalue weighted by Gasteiger charge is 2.55. The molecular formula is C28H28N2O4. The summed E-state index contributed by atoms with van der Waals surface area (Å²) < 4.78 is 5.59. The number of hydrogen-bond acceptors (Lipinski definition) is 4. The molecule has 1 spiro atoms. The van der Waals surface area contributed by atoms with Gasteiger partial charge in [-0.05, 0) is 72.3 Å². The molecule has 3 aliphatic rings. The summed E-state index contributed by atoms with van der Waals surface area (Å²) in [5.74, 6) is -0.183. The van der Waals surface area contributed by atoms with Crippen LogP contribution in [0.3, 0.4) is 0 Å². The number of piperidine rings is 1. The lowest BCUT2D eigenvalue weighted by molar-refractivity contribution is -0.142. The number of rotatable bonds is 4. The van der Waals surface area contributed by atoms with Gasteiger partial charge in [0, 0.05) is 31.3 Å². The van der Waals surface area contributed by atoms with E-state index in [1.54, 1.807) is 6.20 Å². The van der Waals surface area contributed by atoms with Crippen molar-refractivity contribution in [2.75, 3.05) is 19.7 Å². The Morgan fingerprint density at radius 1 is 1.03 bits per heavy atom. The third-order valence-electron chi connectivity index (χ3n) is 8.09. The fraction of sp³-hybridized carbons (Fsp3) is 0.393. The quantitative estimate of drug-likeness (QED) is 0.606. The number of carboxylic acid groups (broad SMARTS) is 1. The van der Waals surface area contributed by atoms with Gasteiger partial charge in [-0.1, -0.05) is 36.4 Å². The summed E-state index contributed by atoms with van der Waals surface area (Å²) in [7, 11) is 0. The number of hydrogen-bond donors (Lipinski definition) is 1. The second kappa shape index (κ2) is 8.20. The number of amides is 1. The predicted octanol–water partition coefficient (Wildman–Crippen LogP) is 4.88.